The van der Waals surface area contributed by atoms with Gasteiger partial charge in [0.1, 0.15) is 16.5 Å². The standard InChI is InChI=1S/C27H32ClFO4/c1-9-18(22(29)11-10-17(6)12-23(30)31)19-13-20-21(15(2)3)14-27(7,8)33-26(20)24(28)25(19)32-16(4)5/h10-15H,4,9H2,1-3,5-8H3,(H,30,31)/b11-10+,17-12+,22-18+. The van der Waals surface area contributed by atoms with E-state index < -0.39 is 17.4 Å². The summed E-state index contributed by atoms with van der Waals surface area (Å²) >= 11 is 6.81. The number of hydrogen-bond acceptors (Lipinski definition) is 3. The van der Waals surface area contributed by atoms with Gasteiger partial charge in [0.25, 0.3) is 0 Å². The molecule has 1 heterocycles. The van der Waals surface area contributed by atoms with Crippen molar-refractivity contribution in [3.8, 4) is 11.5 Å². The zero-order valence-corrected chi connectivity index (χ0v) is 21.1. The number of carboxylic acid groups (broad SMARTS) is 1. The van der Waals surface area contributed by atoms with E-state index in [1.54, 1.807) is 13.8 Å². The average Bonchev–Trinajstić information content (AvgIpc) is 2.68. The second kappa shape index (κ2) is 10.4. The van der Waals surface area contributed by atoms with Crippen LogP contribution in [-0.4, -0.2) is 16.7 Å². The Kier molecular flexibility index (Phi) is 8.36. The third kappa shape index (κ3) is 6.38. The van der Waals surface area contributed by atoms with Gasteiger partial charge in [0.2, 0.25) is 0 Å². The van der Waals surface area contributed by atoms with Gasteiger partial charge in [-0.2, -0.15) is 0 Å². The number of aliphatic carboxylic acids is 1. The number of halogens is 2. The van der Waals surface area contributed by atoms with Gasteiger partial charge in [0.15, 0.2) is 11.5 Å². The van der Waals surface area contributed by atoms with Crippen LogP contribution in [0.2, 0.25) is 5.02 Å². The van der Waals surface area contributed by atoms with E-state index in [-0.39, 0.29) is 16.7 Å². The third-order valence-corrected chi connectivity index (χ3v) is 5.41. The molecule has 1 aliphatic heterocycles. The molecule has 0 radical (unpaired) electrons. The highest BCUT2D eigenvalue weighted by Crippen LogP contribution is 2.51. The van der Waals surface area contributed by atoms with Gasteiger partial charge in [0.05, 0.1) is 5.76 Å². The fourth-order valence-electron chi connectivity index (χ4n) is 3.69. The van der Waals surface area contributed by atoms with E-state index in [0.717, 1.165) is 17.2 Å². The van der Waals surface area contributed by atoms with Crippen molar-refractivity contribution in [2.45, 2.75) is 60.5 Å². The number of rotatable bonds is 8. The lowest BCUT2D eigenvalue weighted by molar-refractivity contribution is -0.131. The van der Waals surface area contributed by atoms with E-state index in [2.05, 4.69) is 26.5 Å². The average molecular weight is 475 g/mol. The van der Waals surface area contributed by atoms with E-state index in [1.807, 2.05) is 26.8 Å². The van der Waals surface area contributed by atoms with E-state index in [9.17, 15) is 4.79 Å². The molecule has 0 saturated heterocycles. The summed E-state index contributed by atoms with van der Waals surface area (Å²) in [6, 6.07) is 1.85. The second-order valence-electron chi connectivity index (χ2n) is 8.95. The molecule has 0 fully saturated rings. The smallest absolute Gasteiger partial charge is 0.328 e. The number of ether oxygens (including phenoxy) is 2. The summed E-state index contributed by atoms with van der Waals surface area (Å²) < 4.78 is 27.4. The van der Waals surface area contributed by atoms with Gasteiger partial charge in [-0.05, 0) is 75.0 Å². The molecule has 0 bridgehead atoms. The minimum absolute atomic E-state index is 0.186. The second-order valence-corrected chi connectivity index (χ2v) is 9.33. The molecule has 178 valence electrons. The largest absolute Gasteiger partial charge is 0.481 e. The maximum absolute atomic E-state index is 15.4. The van der Waals surface area contributed by atoms with Crippen LogP contribution < -0.4 is 9.47 Å². The number of carboxylic acids is 1. The summed E-state index contributed by atoms with van der Waals surface area (Å²) in [4.78, 5) is 10.8. The molecule has 6 heteroatoms. The van der Waals surface area contributed by atoms with Crippen LogP contribution in [0.25, 0.3) is 11.1 Å². The Morgan fingerprint density at radius 3 is 2.48 bits per heavy atom. The molecule has 0 aromatic heterocycles. The van der Waals surface area contributed by atoms with Crippen molar-refractivity contribution in [1.82, 2.24) is 0 Å². The Hall–Kier alpha value is -2.79. The van der Waals surface area contributed by atoms with Crippen LogP contribution >= 0.6 is 11.6 Å². The molecule has 0 saturated carbocycles. The van der Waals surface area contributed by atoms with Crippen LogP contribution in [0.1, 0.15) is 66.0 Å². The highest BCUT2D eigenvalue weighted by Gasteiger charge is 2.33. The maximum atomic E-state index is 15.4. The molecule has 0 unspecified atom stereocenters. The minimum Gasteiger partial charge on any atom is -0.481 e. The van der Waals surface area contributed by atoms with Gasteiger partial charge < -0.3 is 14.6 Å². The molecule has 33 heavy (non-hydrogen) atoms. The molecule has 4 nitrogen and oxygen atoms in total. The first kappa shape index (κ1) is 26.5. The summed E-state index contributed by atoms with van der Waals surface area (Å²) in [5.41, 5.74) is 2.57. The predicted octanol–water partition coefficient (Wildman–Crippen LogP) is 8.14. The van der Waals surface area contributed by atoms with Crippen molar-refractivity contribution in [1.29, 1.82) is 0 Å². The van der Waals surface area contributed by atoms with Crippen LogP contribution in [0.5, 0.6) is 11.5 Å². The lowest BCUT2D eigenvalue weighted by Gasteiger charge is -2.34. The first-order valence-corrected chi connectivity index (χ1v) is 11.3. The number of allylic oxidation sites excluding steroid dienone is 7. The maximum Gasteiger partial charge on any atom is 0.328 e. The van der Waals surface area contributed by atoms with Crippen LogP contribution in [0, 0.1) is 5.92 Å². The number of fused-ring (bicyclic) bond motifs is 1. The predicted molar refractivity (Wildman–Crippen MR) is 133 cm³/mol. The number of carbonyl (C=O) groups is 1. The molecule has 1 aliphatic rings. The van der Waals surface area contributed by atoms with Crippen LogP contribution in [0.4, 0.5) is 4.39 Å². The monoisotopic (exact) mass is 474 g/mol. The van der Waals surface area contributed by atoms with Gasteiger partial charge >= 0.3 is 5.97 Å². The van der Waals surface area contributed by atoms with Gasteiger partial charge in [0, 0.05) is 17.2 Å². The molecule has 0 amide bonds. The fraction of sp³-hybridized carbons (Fsp3) is 0.370. The molecule has 2 rings (SSSR count). The zero-order valence-electron chi connectivity index (χ0n) is 20.3. The van der Waals surface area contributed by atoms with Crippen molar-refractivity contribution >= 4 is 28.7 Å². The van der Waals surface area contributed by atoms with Crippen LogP contribution in [0.3, 0.4) is 0 Å². The van der Waals surface area contributed by atoms with Crippen molar-refractivity contribution < 1.29 is 23.8 Å². The highest BCUT2D eigenvalue weighted by atomic mass is 35.5. The SMILES string of the molecule is C=C(C)Oc1c(\C(CC)=C(F)/C=C/C(C)=C/C(=O)O)cc2c(c1Cl)OC(C)(C)C=C2C(C)C. The van der Waals surface area contributed by atoms with Gasteiger partial charge in [-0.3, -0.25) is 0 Å². The Morgan fingerprint density at radius 1 is 1.33 bits per heavy atom. The first-order chi connectivity index (χ1) is 15.3. The normalized spacial score (nSPS) is 16.2. The Morgan fingerprint density at radius 2 is 1.97 bits per heavy atom. The molecular formula is C27H32ClFO4. The summed E-state index contributed by atoms with van der Waals surface area (Å²) in [5, 5.41) is 9.14. The molecule has 1 aromatic rings. The molecule has 1 aromatic carbocycles. The van der Waals surface area contributed by atoms with Crippen LogP contribution in [-0.2, 0) is 4.79 Å². The van der Waals surface area contributed by atoms with Crippen molar-refractivity contribution in [2.75, 3.05) is 0 Å². The first-order valence-electron chi connectivity index (χ1n) is 10.9. The lowest BCUT2D eigenvalue weighted by atomic mass is 9.85. The molecule has 0 atom stereocenters. The quantitative estimate of drug-likeness (QED) is 0.234. The van der Waals surface area contributed by atoms with E-state index in [0.29, 0.717) is 34.6 Å². The topological polar surface area (TPSA) is 55.8 Å². The van der Waals surface area contributed by atoms with E-state index in [1.165, 1.54) is 12.2 Å². The molecule has 0 spiro atoms. The van der Waals surface area contributed by atoms with Crippen molar-refractivity contribution in [2.24, 2.45) is 5.92 Å². The third-order valence-electron chi connectivity index (χ3n) is 5.06. The summed E-state index contributed by atoms with van der Waals surface area (Å²) in [5.74, 6) is -0.232. The van der Waals surface area contributed by atoms with Gasteiger partial charge in [-0.1, -0.05) is 45.0 Å². The highest BCUT2D eigenvalue weighted by molar-refractivity contribution is 6.34. The van der Waals surface area contributed by atoms with Crippen molar-refractivity contribution in [3.63, 3.8) is 0 Å². The minimum atomic E-state index is -1.09. The molecule has 1 N–H and O–H groups in total. The summed E-state index contributed by atoms with van der Waals surface area (Å²) in [6.45, 7) is 17.0. The van der Waals surface area contributed by atoms with E-state index in [4.69, 9.17) is 26.2 Å². The van der Waals surface area contributed by atoms with E-state index >= 15 is 4.39 Å². The Balaban J connectivity index is 2.82. The van der Waals surface area contributed by atoms with Crippen molar-refractivity contribution in [3.05, 3.63) is 70.3 Å². The lowest BCUT2D eigenvalue weighted by Crippen LogP contribution is -2.30. The van der Waals surface area contributed by atoms with Crippen LogP contribution in [0.15, 0.2) is 54.1 Å². The fourth-order valence-corrected chi connectivity index (χ4v) is 3.97. The summed E-state index contributed by atoms with van der Waals surface area (Å²) in [7, 11) is 0. The number of hydrogen-bond donors (Lipinski definition) is 1. The molecule has 0 aliphatic carbocycles. The zero-order chi connectivity index (χ0) is 25.1. The number of benzene rings is 1. The summed E-state index contributed by atoms with van der Waals surface area (Å²) in [6.07, 6.45) is 6.10. The molecular weight excluding hydrogens is 443 g/mol. The van der Waals surface area contributed by atoms with Gasteiger partial charge in [-0.15, -0.1) is 0 Å². The van der Waals surface area contributed by atoms with Gasteiger partial charge in [-0.25, -0.2) is 9.18 Å². The Bertz CT molecular complexity index is 1090. The Labute approximate surface area is 200 Å².